The summed E-state index contributed by atoms with van der Waals surface area (Å²) >= 11 is 16.4. The third-order valence-electron chi connectivity index (χ3n) is 2.17. The van der Waals surface area contributed by atoms with Gasteiger partial charge in [0.25, 0.3) is 0 Å². The molecule has 0 spiro atoms. The molecule has 18 heavy (non-hydrogen) atoms. The van der Waals surface area contributed by atoms with Crippen LogP contribution >= 0.6 is 34.8 Å². The van der Waals surface area contributed by atoms with Crippen LogP contribution in [0.4, 0.5) is 0 Å². The molecule has 0 saturated heterocycles. The SMILES string of the molecule is COc1ccc(CCC(=O)OCC(Cl)(Cl)Cl)cc1. The molecule has 0 radical (unpaired) electrons. The molecule has 1 aromatic carbocycles. The number of aryl methyl sites for hydroxylation is 1. The molecular formula is C12H13Cl3O3. The number of carbonyl (C=O) groups is 1. The van der Waals surface area contributed by atoms with Gasteiger partial charge in [0.15, 0.2) is 0 Å². The molecule has 0 aliphatic carbocycles. The summed E-state index contributed by atoms with van der Waals surface area (Å²) < 4.78 is 8.29. The summed E-state index contributed by atoms with van der Waals surface area (Å²) in [7, 11) is 1.60. The molecule has 6 heteroatoms. The highest BCUT2D eigenvalue weighted by Crippen LogP contribution is 2.26. The van der Waals surface area contributed by atoms with E-state index in [-0.39, 0.29) is 13.0 Å². The number of hydrogen-bond donors (Lipinski definition) is 0. The second-order valence-electron chi connectivity index (χ2n) is 3.62. The van der Waals surface area contributed by atoms with Crippen LogP contribution in [0.2, 0.25) is 0 Å². The number of alkyl halides is 3. The molecule has 0 aliphatic heterocycles. The number of hydrogen-bond acceptors (Lipinski definition) is 3. The van der Waals surface area contributed by atoms with Crippen molar-refractivity contribution in [1.29, 1.82) is 0 Å². The van der Waals surface area contributed by atoms with Crippen LogP contribution in [0.3, 0.4) is 0 Å². The van der Waals surface area contributed by atoms with Crippen LogP contribution in [0.25, 0.3) is 0 Å². The van der Waals surface area contributed by atoms with E-state index in [1.807, 2.05) is 24.3 Å². The average molecular weight is 312 g/mol. The maximum Gasteiger partial charge on any atom is 0.306 e. The van der Waals surface area contributed by atoms with Crippen molar-refractivity contribution < 1.29 is 14.3 Å². The average Bonchev–Trinajstić information content (AvgIpc) is 2.33. The zero-order chi connectivity index (χ0) is 13.6. The van der Waals surface area contributed by atoms with Gasteiger partial charge in [0.2, 0.25) is 3.79 Å². The van der Waals surface area contributed by atoms with Crippen molar-refractivity contribution in [1.82, 2.24) is 0 Å². The van der Waals surface area contributed by atoms with Gasteiger partial charge in [-0.15, -0.1) is 0 Å². The van der Waals surface area contributed by atoms with Crippen molar-refractivity contribution in [3.8, 4) is 5.75 Å². The van der Waals surface area contributed by atoms with Crippen LogP contribution in [0.5, 0.6) is 5.75 Å². The highest BCUT2D eigenvalue weighted by atomic mass is 35.6. The Balaban J connectivity index is 2.33. The summed E-state index contributed by atoms with van der Waals surface area (Å²) in [5, 5.41) is 0. The van der Waals surface area contributed by atoms with Crippen molar-refractivity contribution in [2.24, 2.45) is 0 Å². The minimum absolute atomic E-state index is 0.237. The van der Waals surface area contributed by atoms with E-state index in [1.54, 1.807) is 7.11 Å². The van der Waals surface area contributed by atoms with Crippen LogP contribution in [0.1, 0.15) is 12.0 Å². The smallest absolute Gasteiger partial charge is 0.306 e. The van der Waals surface area contributed by atoms with Gasteiger partial charge in [-0.05, 0) is 24.1 Å². The summed E-state index contributed by atoms with van der Waals surface area (Å²) in [6, 6.07) is 7.45. The monoisotopic (exact) mass is 310 g/mol. The van der Waals surface area contributed by atoms with Crippen LogP contribution < -0.4 is 4.74 Å². The van der Waals surface area contributed by atoms with Gasteiger partial charge in [0.05, 0.1) is 7.11 Å². The number of halogens is 3. The zero-order valence-electron chi connectivity index (χ0n) is 9.79. The minimum Gasteiger partial charge on any atom is -0.497 e. The number of rotatable bonds is 5. The predicted octanol–water partition coefficient (Wildman–Crippen LogP) is 3.54. The molecule has 100 valence electrons. The molecule has 0 bridgehead atoms. The fourth-order valence-corrected chi connectivity index (χ4v) is 1.44. The maximum absolute atomic E-state index is 11.4. The largest absolute Gasteiger partial charge is 0.497 e. The number of esters is 1. The summed E-state index contributed by atoms with van der Waals surface area (Å²) in [6.45, 7) is -0.237. The first kappa shape index (κ1) is 15.4. The van der Waals surface area contributed by atoms with E-state index in [9.17, 15) is 4.79 Å². The maximum atomic E-state index is 11.4. The van der Waals surface area contributed by atoms with Crippen molar-refractivity contribution in [2.75, 3.05) is 13.7 Å². The van der Waals surface area contributed by atoms with E-state index in [2.05, 4.69) is 0 Å². The molecule has 0 atom stereocenters. The quantitative estimate of drug-likeness (QED) is 0.616. The molecule has 0 fully saturated rings. The number of carbonyl (C=O) groups excluding carboxylic acids is 1. The van der Waals surface area contributed by atoms with Crippen LogP contribution in [0.15, 0.2) is 24.3 Å². The van der Waals surface area contributed by atoms with Gasteiger partial charge in [-0.1, -0.05) is 46.9 Å². The Hall–Kier alpha value is -0.640. The third kappa shape index (κ3) is 6.34. The third-order valence-corrected chi connectivity index (χ3v) is 2.50. The fourth-order valence-electron chi connectivity index (χ4n) is 1.27. The lowest BCUT2D eigenvalue weighted by Gasteiger charge is -2.11. The normalized spacial score (nSPS) is 11.1. The molecule has 1 rings (SSSR count). The predicted molar refractivity (Wildman–Crippen MR) is 72.6 cm³/mol. The van der Waals surface area contributed by atoms with E-state index >= 15 is 0 Å². The van der Waals surface area contributed by atoms with Gasteiger partial charge in [-0.3, -0.25) is 4.79 Å². The number of methoxy groups -OCH3 is 1. The van der Waals surface area contributed by atoms with E-state index in [0.717, 1.165) is 11.3 Å². The van der Waals surface area contributed by atoms with Crippen LogP contribution in [-0.2, 0) is 16.0 Å². The lowest BCUT2D eigenvalue weighted by molar-refractivity contribution is -0.143. The van der Waals surface area contributed by atoms with Crippen molar-refractivity contribution in [3.63, 3.8) is 0 Å². The minimum atomic E-state index is -1.56. The molecule has 0 heterocycles. The molecule has 0 N–H and O–H groups in total. The highest BCUT2D eigenvalue weighted by molar-refractivity contribution is 6.67. The molecule has 0 aromatic heterocycles. The van der Waals surface area contributed by atoms with Crippen LogP contribution in [-0.4, -0.2) is 23.5 Å². The first-order valence-corrected chi connectivity index (χ1v) is 6.39. The number of ether oxygens (including phenoxy) is 2. The molecule has 3 nitrogen and oxygen atoms in total. The molecule has 1 aromatic rings. The van der Waals surface area contributed by atoms with E-state index in [1.165, 1.54) is 0 Å². The molecule has 0 amide bonds. The Bertz CT molecular complexity index is 385. The fraction of sp³-hybridized carbons (Fsp3) is 0.417. The van der Waals surface area contributed by atoms with Crippen molar-refractivity contribution in [3.05, 3.63) is 29.8 Å². The molecule has 0 saturated carbocycles. The summed E-state index contributed by atoms with van der Waals surface area (Å²) in [6.07, 6.45) is 0.815. The van der Waals surface area contributed by atoms with Crippen molar-refractivity contribution in [2.45, 2.75) is 16.6 Å². The van der Waals surface area contributed by atoms with Gasteiger partial charge in [0.1, 0.15) is 12.4 Å². The Morgan fingerprint density at radius 2 is 1.83 bits per heavy atom. The zero-order valence-corrected chi connectivity index (χ0v) is 12.1. The van der Waals surface area contributed by atoms with Gasteiger partial charge < -0.3 is 9.47 Å². The summed E-state index contributed by atoms with van der Waals surface area (Å²) in [5.41, 5.74) is 1.02. The first-order valence-electron chi connectivity index (χ1n) is 5.26. The van der Waals surface area contributed by atoms with E-state index in [0.29, 0.717) is 6.42 Å². The Labute approximate surface area is 121 Å². The van der Waals surface area contributed by atoms with E-state index in [4.69, 9.17) is 44.3 Å². The second kappa shape index (κ2) is 7.07. The van der Waals surface area contributed by atoms with Crippen LogP contribution in [0, 0.1) is 0 Å². The van der Waals surface area contributed by atoms with E-state index < -0.39 is 9.76 Å². The highest BCUT2D eigenvalue weighted by Gasteiger charge is 2.21. The Kier molecular flexibility index (Phi) is 6.06. The molecular weight excluding hydrogens is 298 g/mol. The summed E-state index contributed by atoms with van der Waals surface area (Å²) in [4.78, 5) is 11.4. The van der Waals surface area contributed by atoms with Gasteiger partial charge >= 0.3 is 5.97 Å². The Morgan fingerprint density at radius 3 is 2.33 bits per heavy atom. The van der Waals surface area contributed by atoms with Gasteiger partial charge in [-0.2, -0.15) is 0 Å². The molecule has 0 unspecified atom stereocenters. The van der Waals surface area contributed by atoms with Crippen molar-refractivity contribution >= 4 is 40.8 Å². The topological polar surface area (TPSA) is 35.5 Å². The number of benzene rings is 1. The van der Waals surface area contributed by atoms with Gasteiger partial charge in [-0.25, -0.2) is 0 Å². The standard InChI is InChI=1S/C12H13Cl3O3/c1-17-10-5-2-9(3-6-10)4-7-11(16)18-8-12(13,14)15/h2-3,5-6H,4,7-8H2,1H3. The molecule has 0 aliphatic rings. The lowest BCUT2D eigenvalue weighted by atomic mass is 10.1. The second-order valence-corrected chi connectivity index (χ2v) is 6.14. The summed E-state index contributed by atoms with van der Waals surface area (Å²) in [5.74, 6) is 0.384. The first-order chi connectivity index (χ1) is 8.40. The lowest BCUT2D eigenvalue weighted by Crippen LogP contribution is -2.17. The Morgan fingerprint density at radius 1 is 1.22 bits per heavy atom. The van der Waals surface area contributed by atoms with Gasteiger partial charge in [0, 0.05) is 6.42 Å².